The molecule has 0 saturated carbocycles. The van der Waals surface area contributed by atoms with Crippen LogP contribution in [0.25, 0.3) is 0 Å². The molecule has 4 heterocycles. The third-order valence-corrected chi connectivity index (χ3v) is 7.57. The van der Waals surface area contributed by atoms with E-state index in [1.54, 1.807) is 7.11 Å². The highest BCUT2D eigenvalue weighted by Crippen LogP contribution is 2.42. The van der Waals surface area contributed by atoms with Crippen LogP contribution in [0.4, 0.5) is 17.5 Å². The number of amidine groups is 1. The van der Waals surface area contributed by atoms with E-state index in [4.69, 9.17) is 15.5 Å². The van der Waals surface area contributed by atoms with Crippen molar-refractivity contribution < 1.29 is 4.74 Å². The molecule has 1 atom stereocenters. The predicted octanol–water partition coefficient (Wildman–Crippen LogP) is 4.22. The average Bonchev–Trinajstić information content (AvgIpc) is 2.98. The molecule has 8 nitrogen and oxygen atoms in total. The summed E-state index contributed by atoms with van der Waals surface area (Å²) in [5, 5.41) is 3.43. The van der Waals surface area contributed by atoms with Gasteiger partial charge in [-0.15, -0.1) is 0 Å². The van der Waals surface area contributed by atoms with E-state index in [1.165, 1.54) is 24.0 Å². The number of nitrogens with two attached hydrogens (primary N) is 1. The Bertz CT molecular complexity index is 1210. The number of aromatic nitrogens is 2. The van der Waals surface area contributed by atoms with Crippen molar-refractivity contribution in [3.05, 3.63) is 65.1 Å². The summed E-state index contributed by atoms with van der Waals surface area (Å²) in [6.07, 6.45) is 11.1. The van der Waals surface area contributed by atoms with E-state index in [0.717, 1.165) is 42.4 Å². The van der Waals surface area contributed by atoms with Crippen molar-refractivity contribution in [1.29, 1.82) is 0 Å². The number of allylic oxidation sites excluding steroid dienone is 2. The number of methoxy groups -OCH3 is 1. The highest BCUT2D eigenvalue weighted by molar-refractivity contribution is 5.92. The number of anilines is 3. The molecule has 0 amide bonds. The summed E-state index contributed by atoms with van der Waals surface area (Å²) in [6, 6.07) is 6.62. The number of rotatable bonds is 6. The number of hydrogen-bond donors (Lipinski definition) is 2. The van der Waals surface area contributed by atoms with E-state index >= 15 is 0 Å². The topological polar surface area (TPSA) is 91.9 Å². The van der Waals surface area contributed by atoms with Gasteiger partial charge in [-0.2, -0.15) is 4.98 Å². The Morgan fingerprint density at radius 2 is 2.06 bits per heavy atom. The fourth-order valence-electron chi connectivity index (χ4n) is 5.61. The number of likely N-dealkylation sites (tertiary alicyclic amines) is 1. The number of piperidine rings is 1. The lowest BCUT2D eigenvalue weighted by atomic mass is 9.87. The van der Waals surface area contributed by atoms with Gasteiger partial charge in [-0.05, 0) is 87.7 Å². The first-order valence-electron chi connectivity index (χ1n) is 12.8. The number of aryl methyl sites for hydroxylation is 1. The third-order valence-electron chi connectivity index (χ3n) is 7.57. The summed E-state index contributed by atoms with van der Waals surface area (Å²) >= 11 is 0. The molecule has 0 radical (unpaired) electrons. The van der Waals surface area contributed by atoms with Gasteiger partial charge in [-0.1, -0.05) is 19.1 Å². The fraction of sp³-hybridized carbons (Fsp3) is 0.464. The predicted molar refractivity (Wildman–Crippen MR) is 146 cm³/mol. The number of nitrogens with one attached hydrogen (secondary N) is 1. The van der Waals surface area contributed by atoms with Gasteiger partial charge in [0.25, 0.3) is 0 Å². The average molecular weight is 488 g/mol. The fourth-order valence-corrected chi connectivity index (χ4v) is 5.61. The number of nitrogens with zero attached hydrogens (tertiary/aromatic N) is 5. The molecule has 0 unspecified atom stereocenters. The summed E-state index contributed by atoms with van der Waals surface area (Å²) in [7, 11) is 3.93. The Morgan fingerprint density at radius 3 is 2.81 bits per heavy atom. The molecule has 1 fully saturated rings. The van der Waals surface area contributed by atoms with Gasteiger partial charge >= 0.3 is 0 Å². The minimum atomic E-state index is -0.250. The molecule has 190 valence electrons. The van der Waals surface area contributed by atoms with Crippen molar-refractivity contribution in [3.63, 3.8) is 0 Å². The molecule has 1 aromatic carbocycles. The van der Waals surface area contributed by atoms with Crippen molar-refractivity contribution >= 4 is 23.3 Å². The second kappa shape index (κ2) is 10.0. The Kier molecular flexibility index (Phi) is 6.81. The summed E-state index contributed by atoms with van der Waals surface area (Å²) in [5.41, 5.74) is 10.6. The van der Waals surface area contributed by atoms with E-state index in [0.29, 0.717) is 30.9 Å². The minimum absolute atomic E-state index is 0.250. The van der Waals surface area contributed by atoms with Crippen LogP contribution in [0.5, 0.6) is 0 Å². The van der Waals surface area contributed by atoms with Crippen molar-refractivity contribution in [1.82, 2.24) is 14.9 Å². The SMILES string of the molecule is COC[C@@]1(C)CN(C2=CCC=CC(N)=N2)c2nc(Nc3ccc(C4CCN(C)CC4)c(C)c3)ncc21. The lowest BCUT2D eigenvalue weighted by Crippen LogP contribution is -2.34. The second-order valence-corrected chi connectivity index (χ2v) is 10.5. The van der Waals surface area contributed by atoms with Crippen molar-refractivity contribution in [2.45, 2.75) is 44.4 Å². The number of benzene rings is 1. The Hall–Kier alpha value is -3.23. The highest BCUT2D eigenvalue weighted by Gasteiger charge is 2.42. The maximum atomic E-state index is 6.08. The zero-order chi connectivity index (χ0) is 25.3. The number of fused-ring (bicyclic) bond motifs is 1. The summed E-state index contributed by atoms with van der Waals surface area (Å²) in [5.74, 6) is 3.34. The molecule has 0 spiro atoms. The maximum absolute atomic E-state index is 6.08. The molecule has 0 aliphatic carbocycles. The molecule has 36 heavy (non-hydrogen) atoms. The minimum Gasteiger partial charge on any atom is -0.384 e. The molecule has 8 heteroatoms. The van der Waals surface area contributed by atoms with Gasteiger partial charge in [0.15, 0.2) is 0 Å². The molecule has 3 aliphatic rings. The van der Waals surface area contributed by atoms with Crippen molar-refractivity contribution in [3.8, 4) is 0 Å². The zero-order valence-corrected chi connectivity index (χ0v) is 21.8. The number of aliphatic imine (C=N–C) groups is 1. The van der Waals surface area contributed by atoms with Crippen LogP contribution in [0.1, 0.15) is 48.8 Å². The van der Waals surface area contributed by atoms with Crippen molar-refractivity contribution in [2.75, 3.05) is 50.6 Å². The van der Waals surface area contributed by atoms with E-state index in [9.17, 15) is 0 Å². The first kappa shape index (κ1) is 24.5. The quantitative estimate of drug-likeness (QED) is 0.630. The number of hydrogen-bond acceptors (Lipinski definition) is 8. The third kappa shape index (κ3) is 4.88. The normalized spacial score (nSPS) is 22.7. The molecule has 1 aromatic heterocycles. The van der Waals surface area contributed by atoms with Gasteiger partial charge in [0, 0.05) is 36.5 Å². The Balaban J connectivity index is 1.42. The van der Waals surface area contributed by atoms with Crippen molar-refractivity contribution in [2.24, 2.45) is 10.7 Å². The summed E-state index contributed by atoms with van der Waals surface area (Å²) < 4.78 is 5.58. The molecule has 3 N–H and O–H groups in total. The van der Waals surface area contributed by atoms with Gasteiger partial charge in [0.1, 0.15) is 17.5 Å². The van der Waals surface area contributed by atoms with Crippen LogP contribution < -0.4 is 16.0 Å². The van der Waals surface area contributed by atoms with E-state index in [2.05, 4.69) is 70.3 Å². The smallest absolute Gasteiger partial charge is 0.229 e. The zero-order valence-electron chi connectivity index (χ0n) is 21.8. The van der Waals surface area contributed by atoms with Crippen LogP contribution >= 0.6 is 0 Å². The lowest BCUT2D eigenvalue weighted by Gasteiger charge is -2.30. The van der Waals surface area contributed by atoms with Gasteiger partial charge < -0.3 is 25.6 Å². The van der Waals surface area contributed by atoms with Crippen LogP contribution in [0.15, 0.2) is 53.4 Å². The molecule has 3 aliphatic heterocycles. The number of ether oxygens (including phenoxy) is 1. The first-order chi connectivity index (χ1) is 17.4. The summed E-state index contributed by atoms with van der Waals surface area (Å²) in [4.78, 5) is 18.8. The Morgan fingerprint density at radius 1 is 1.25 bits per heavy atom. The molecule has 1 saturated heterocycles. The maximum Gasteiger partial charge on any atom is 0.229 e. The van der Waals surface area contributed by atoms with E-state index in [-0.39, 0.29) is 5.41 Å². The molecular formula is C28H37N7O. The van der Waals surface area contributed by atoms with Crippen LogP contribution in [-0.2, 0) is 10.2 Å². The van der Waals surface area contributed by atoms with Gasteiger partial charge in [0.2, 0.25) is 5.95 Å². The van der Waals surface area contributed by atoms with Gasteiger partial charge in [-0.3, -0.25) is 0 Å². The van der Waals surface area contributed by atoms with Crippen LogP contribution in [0, 0.1) is 6.92 Å². The van der Waals surface area contributed by atoms with Crippen LogP contribution in [0.2, 0.25) is 0 Å². The summed E-state index contributed by atoms with van der Waals surface area (Å²) in [6.45, 7) is 7.96. The highest BCUT2D eigenvalue weighted by atomic mass is 16.5. The monoisotopic (exact) mass is 487 g/mol. The second-order valence-electron chi connectivity index (χ2n) is 10.5. The van der Waals surface area contributed by atoms with Crippen LogP contribution in [0.3, 0.4) is 0 Å². The standard InChI is InChI=1S/C28H37N7O/c1-19-15-21(9-10-22(19)20-11-13-34(3)14-12-20)31-27-30-16-23-26(33-27)35(17-28(23,2)18-36-4)25-8-6-5-7-24(29)32-25/h5,7-10,15-16,20H,6,11-14,17-18H2,1-4H3,(H2,29,32)(H,30,31,33)/t28-/m1/s1. The van der Waals surface area contributed by atoms with E-state index < -0.39 is 0 Å². The Labute approximate surface area is 214 Å². The largest absolute Gasteiger partial charge is 0.384 e. The molecule has 2 aromatic rings. The van der Waals surface area contributed by atoms with Gasteiger partial charge in [0.05, 0.1) is 6.61 Å². The molecule has 0 bridgehead atoms. The molecule has 5 rings (SSSR count). The first-order valence-corrected chi connectivity index (χ1v) is 12.8. The molecular weight excluding hydrogens is 450 g/mol. The van der Waals surface area contributed by atoms with Crippen LogP contribution in [-0.4, -0.2) is 61.1 Å². The van der Waals surface area contributed by atoms with Gasteiger partial charge in [-0.25, -0.2) is 9.98 Å². The van der Waals surface area contributed by atoms with E-state index in [1.807, 2.05) is 18.3 Å². The lowest BCUT2D eigenvalue weighted by molar-refractivity contribution is 0.145.